The standard InChI is InChI=1S/C21H13N5O3/c1-2-26-16-6-4-3-5-15(16)20(28)17(21(26)29)19(27)13-7-12(8-22)18(25-11-13)14(9-23)10-24/h3-7,11,27-28H,2H2,1H3/b19-13-. The predicted molar refractivity (Wildman–Crippen MR) is 104 cm³/mol. The Morgan fingerprint density at radius 3 is 2.52 bits per heavy atom. The zero-order chi connectivity index (χ0) is 21.1. The monoisotopic (exact) mass is 383 g/mol. The van der Waals surface area contributed by atoms with Gasteiger partial charge in [0.25, 0.3) is 5.56 Å². The lowest BCUT2D eigenvalue weighted by atomic mass is 10.1. The first-order valence-electron chi connectivity index (χ1n) is 8.47. The minimum Gasteiger partial charge on any atom is -0.506 e. The first-order chi connectivity index (χ1) is 14.0. The number of aryl methyl sites for hydroxylation is 1. The quantitative estimate of drug-likeness (QED) is 0.668. The topological polar surface area (TPSA) is 147 Å². The smallest absolute Gasteiger partial charge is 0.265 e. The molecule has 29 heavy (non-hydrogen) atoms. The van der Waals surface area contributed by atoms with Gasteiger partial charge in [0, 0.05) is 23.3 Å². The second-order valence-electron chi connectivity index (χ2n) is 5.97. The molecule has 0 bridgehead atoms. The van der Waals surface area contributed by atoms with Crippen LogP contribution in [0.15, 0.2) is 41.3 Å². The number of pyridine rings is 2. The third-order valence-electron chi connectivity index (χ3n) is 4.44. The van der Waals surface area contributed by atoms with Gasteiger partial charge in [0.1, 0.15) is 40.6 Å². The van der Waals surface area contributed by atoms with Gasteiger partial charge in [0.05, 0.1) is 11.1 Å². The molecule has 0 spiro atoms. The molecule has 0 atom stereocenters. The number of fused-ring (bicyclic) bond motifs is 1. The molecule has 8 heteroatoms. The highest BCUT2D eigenvalue weighted by atomic mass is 16.3. The van der Waals surface area contributed by atoms with E-state index in [0.29, 0.717) is 17.4 Å². The lowest BCUT2D eigenvalue weighted by Crippen LogP contribution is -2.27. The van der Waals surface area contributed by atoms with Crippen molar-refractivity contribution in [3.05, 3.63) is 68.6 Å². The van der Waals surface area contributed by atoms with Crippen LogP contribution in [0, 0.1) is 34.0 Å². The second-order valence-corrected chi connectivity index (χ2v) is 5.97. The van der Waals surface area contributed by atoms with E-state index in [1.807, 2.05) is 6.07 Å². The van der Waals surface area contributed by atoms with Crippen LogP contribution in [0.3, 0.4) is 0 Å². The fourth-order valence-electron chi connectivity index (χ4n) is 3.07. The van der Waals surface area contributed by atoms with Crippen molar-refractivity contribution in [3.63, 3.8) is 0 Å². The van der Waals surface area contributed by atoms with Gasteiger partial charge in [-0.2, -0.15) is 15.8 Å². The molecule has 0 saturated heterocycles. The third kappa shape index (κ3) is 3.03. The number of nitriles is 3. The van der Waals surface area contributed by atoms with E-state index in [0.717, 1.165) is 6.20 Å². The molecule has 0 amide bonds. The molecule has 2 N–H and O–H groups in total. The van der Waals surface area contributed by atoms with Gasteiger partial charge in [-0.25, -0.2) is 0 Å². The van der Waals surface area contributed by atoms with Gasteiger partial charge in [0.15, 0.2) is 5.57 Å². The van der Waals surface area contributed by atoms with Crippen molar-refractivity contribution in [1.82, 2.24) is 9.55 Å². The van der Waals surface area contributed by atoms with Gasteiger partial charge in [-0.1, -0.05) is 12.1 Å². The van der Waals surface area contributed by atoms with Gasteiger partial charge in [0.2, 0.25) is 0 Å². The van der Waals surface area contributed by atoms with E-state index >= 15 is 0 Å². The number of benzene rings is 1. The average Bonchev–Trinajstić information content (AvgIpc) is 2.75. The van der Waals surface area contributed by atoms with Crippen LogP contribution >= 0.6 is 0 Å². The number of hydrogen-bond acceptors (Lipinski definition) is 7. The Balaban J connectivity index is 2.47. The van der Waals surface area contributed by atoms with Crippen molar-refractivity contribution in [3.8, 4) is 24.0 Å². The highest BCUT2D eigenvalue weighted by Crippen LogP contribution is 2.28. The Hall–Kier alpha value is -4.61. The summed E-state index contributed by atoms with van der Waals surface area (Å²) in [4.78, 5) is 16.8. The molecule has 2 aromatic heterocycles. The zero-order valence-electron chi connectivity index (χ0n) is 15.2. The van der Waals surface area contributed by atoms with Gasteiger partial charge >= 0.3 is 0 Å². The molecule has 0 radical (unpaired) electrons. The van der Waals surface area contributed by atoms with Crippen LogP contribution in [-0.2, 0) is 6.54 Å². The lowest BCUT2D eigenvalue weighted by molar-refractivity contribution is 0.460. The minimum absolute atomic E-state index is 0.00846. The van der Waals surface area contributed by atoms with Crippen molar-refractivity contribution in [2.75, 3.05) is 0 Å². The molecule has 3 aromatic rings. The van der Waals surface area contributed by atoms with E-state index in [-0.39, 0.29) is 27.3 Å². The average molecular weight is 383 g/mol. The molecule has 1 aromatic carbocycles. The number of aliphatic hydroxyl groups excluding tert-OH is 1. The van der Waals surface area contributed by atoms with Gasteiger partial charge in [-0.15, -0.1) is 0 Å². The number of aromatic hydroxyl groups is 1. The molecule has 0 saturated carbocycles. The highest BCUT2D eigenvalue weighted by molar-refractivity contribution is 5.89. The van der Waals surface area contributed by atoms with E-state index in [1.165, 1.54) is 10.6 Å². The normalized spacial score (nSPS) is 11.2. The van der Waals surface area contributed by atoms with Crippen molar-refractivity contribution < 1.29 is 10.2 Å². The molecule has 0 aliphatic rings. The third-order valence-corrected chi connectivity index (χ3v) is 4.44. The number of nitrogens with zero attached hydrogens (tertiary/aromatic N) is 5. The summed E-state index contributed by atoms with van der Waals surface area (Å²) in [5.74, 6) is -0.955. The van der Waals surface area contributed by atoms with Crippen molar-refractivity contribution in [2.24, 2.45) is 0 Å². The van der Waals surface area contributed by atoms with Crippen LogP contribution in [0.2, 0.25) is 0 Å². The first kappa shape index (κ1) is 19.2. The van der Waals surface area contributed by atoms with E-state index in [1.54, 1.807) is 43.3 Å². The van der Waals surface area contributed by atoms with Crippen LogP contribution in [0.25, 0.3) is 22.2 Å². The van der Waals surface area contributed by atoms with Crippen molar-refractivity contribution in [2.45, 2.75) is 13.5 Å². The number of aliphatic hydroxyl groups is 1. The molecular weight excluding hydrogens is 370 g/mol. The maximum absolute atomic E-state index is 12.9. The maximum atomic E-state index is 12.9. The van der Waals surface area contributed by atoms with Crippen LogP contribution in [0.5, 0.6) is 5.75 Å². The summed E-state index contributed by atoms with van der Waals surface area (Å²) >= 11 is 0. The SMILES string of the molecule is CCn1c(=O)c(/C(O)=c2/cnc(=C(C#N)C#N)c(C#N)c2)c(O)c2ccccc21. The summed E-state index contributed by atoms with van der Waals surface area (Å²) < 4.78 is 1.41. The van der Waals surface area contributed by atoms with Gasteiger partial charge in [-0.05, 0) is 25.1 Å². The van der Waals surface area contributed by atoms with E-state index in [4.69, 9.17) is 10.5 Å². The number of hydrogen-bond donors (Lipinski definition) is 2. The largest absolute Gasteiger partial charge is 0.506 e. The highest BCUT2D eigenvalue weighted by Gasteiger charge is 2.19. The van der Waals surface area contributed by atoms with Crippen LogP contribution in [0.1, 0.15) is 18.1 Å². The van der Waals surface area contributed by atoms with Crippen molar-refractivity contribution >= 4 is 22.2 Å². The second kappa shape index (κ2) is 7.56. The van der Waals surface area contributed by atoms with Crippen LogP contribution in [0.4, 0.5) is 0 Å². The first-order valence-corrected chi connectivity index (χ1v) is 8.47. The summed E-state index contributed by atoms with van der Waals surface area (Å²) in [7, 11) is 0. The van der Waals surface area contributed by atoms with E-state index < -0.39 is 17.1 Å². The Morgan fingerprint density at radius 2 is 1.90 bits per heavy atom. The van der Waals surface area contributed by atoms with E-state index in [9.17, 15) is 20.3 Å². The molecule has 0 unspecified atom stereocenters. The van der Waals surface area contributed by atoms with Gasteiger partial charge in [-0.3, -0.25) is 9.78 Å². The Bertz CT molecular complexity index is 1450. The number of rotatable bonds is 2. The lowest BCUT2D eigenvalue weighted by Gasteiger charge is -2.13. The molecule has 140 valence electrons. The van der Waals surface area contributed by atoms with Crippen molar-refractivity contribution in [1.29, 1.82) is 15.8 Å². The molecule has 0 fully saturated rings. The number of aromatic nitrogens is 2. The zero-order valence-corrected chi connectivity index (χ0v) is 15.2. The Morgan fingerprint density at radius 1 is 1.21 bits per heavy atom. The molecular formula is C21H13N5O3. The van der Waals surface area contributed by atoms with Crippen LogP contribution < -0.4 is 16.1 Å². The van der Waals surface area contributed by atoms with Crippen LogP contribution in [-0.4, -0.2) is 19.8 Å². The molecule has 2 heterocycles. The Labute approximate surface area is 164 Å². The predicted octanol–water partition coefficient (Wildman–Crippen LogP) is 0.906. The summed E-state index contributed by atoms with van der Waals surface area (Å²) in [6, 6.07) is 13.1. The summed E-state index contributed by atoms with van der Waals surface area (Å²) in [6.45, 7) is 2.07. The Kier molecular flexibility index (Phi) is 4.99. The fraction of sp³-hybridized carbons (Fsp3) is 0.0952. The maximum Gasteiger partial charge on any atom is 0.265 e. The molecule has 3 rings (SSSR count). The summed E-state index contributed by atoms with van der Waals surface area (Å²) in [5.41, 5.74) is -0.890. The molecule has 0 aliphatic carbocycles. The number of para-hydroxylation sites is 1. The fourth-order valence-corrected chi connectivity index (χ4v) is 3.07. The minimum atomic E-state index is -0.606. The molecule has 0 aliphatic heterocycles. The summed E-state index contributed by atoms with van der Waals surface area (Å²) in [6.07, 6.45) is 1.13. The van der Waals surface area contributed by atoms with Gasteiger partial charge < -0.3 is 14.8 Å². The molecule has 8 nitrogen and oxygen atoms in total. The van der Waals surface area contributed by atoms with E-state index in [2.05, 4.69) is 4.98 Å². The summed E-state index contributed by atoms with van der Waals surface area (Å²) in [5, 5.41) is 49.0.